The molecule has 2 fully saturated rings. The lowest BCUT2D eigenvalue weighted by Crippen LogP contribution is -2.32. The van der Waals surface area contributed by atoms with E-state index in [2.05, 4.69) is 14.5 Å². The average Bonchev–Trinajstić information content (AvgIpc) is 3.78. The summed E-state index contributed by atoms with van der Waals surface area (Å²) in [6.45, 7) is 1.59. The monoisotopic (exact) mass is 631 g/mol. The number of aromatic hydroxyl groups is 2. The van der Waals surface area contributed by atoms with Crippen LogP contribution in [-0.2, 0) is 6.42 Å². The van der Waals surface area contributed by atoms with E-state index in [4.69, 9.17) is 9.40 Å². The fourth-order valence-electron chi connectivity index (χ4n) is 6.26. The van der Waals surface area contributed by atoms with Gasteiger partial charge in [-0.05, 0) is 25.0 Å². The standard InChI is InChI=1S/C32H33N5O5S2/c1-35(2)32(41)23-13-19-16-33-25(34-31(19)37(23)20-5-3-4-6-20)14-18-7-8-21(28(40)27(18)39)22-17-44-30-24(38)15-26(42-29(22)30)36-9-11-43-12-10-36/h7-8,13,15-17,20,39-40H,3-6,9-12,14H2,1-2H3. The van der Waals surface area contributed by atoms with E-state index in [1.165, 1.54) is 11.3 Å². The van der Waals surface area contributed by atoms with Gasteiger partial charge in [0.05, 0.1) is 0 Å². The predicted octanol–water partition coefficient (Wildman–Crippen LogP) is 5.64. The summed E-state index contributed by atoms with van der Waals surface area (Å²) in [5.41, 5.74) is 2.98. The number of thiophene rings is 1. The van der Waals surface area contributed by atoms with Crippen molar-refractivity contribution in [3.63, 3.8) is 0 Å². The highest BCUT2D eigenvalue weighted by Gasteiger charge is 2.27. The minimum absolute atomic E-state index is 0.0755. The zero-order valence-electron chi connectivity index (χ0n) is 24.6. The van der Waals surface area contributed by atoms with Gasteiger partial charge in [-0.25, -0.2) is 9.97 Å². The highest BCUT2D eigenvalue weighted by Crippen LogP contribution is 2.44. The number of aromatic nitrogens is 3. The van der Waals surface area contributed by atoms with E-state index in [-0.39, 0.29) is 35.3 Å². The lowest BCUT2D eigenvalue weighted by Gasteiger charge is -2.26. The van der Waals surface area contributed by atoms with E-state index in [1.54, 1.807) is 48.8 Å². The fraction of sp³-hybridized carbons (Fsp3) is 0.375. The molecule has 1 saturated heterocycles. The van der Waals surface area contributed by atoms with Gasteiger partial charge in [-0.15, -0.1) is 11.3 Å². The molecule has 7 rings (SSSR count). The minimum Gasteiger partial charge on any atom is -0.504 e. The van der Waals surface area contributed by atoms with Crippen LogP contribution in [0.3, 0.4) is 0 Å². The van der Waals surface area contributed by atoms with Gasteiger partial charge < -0.3 is 29.0 Å². The number of rotatable bonds is 6. The third-order valence-corrected chi connectivity index (χ3v) is 10.5. The number of nitrogens with zero attached hydrogens (tertiary/aromatic N) is 5. The second kappa shape index (κ2) is 11.5. The third-order valence-electron chi connectivity index (χ3n) is 8.57. The Bertz CT molecular complexity index is 1950. The van der Waals surface area contributed by atoms with Crippen LogP contribution in [0.1, 0.15) is 53.6 Å². The third kappa shape index (κ3) is 4.99. The molecule has 228 valence electrons. The first-order valence-electron chi connectivity index (χ1n) is 14.8. The van der Waals surface area contributed by atoms with Gasteiger partial charge in [-0.1, -0.05) is 18.9 Å². The van der Waals surface area contributed by atoms with Gasteiger partial charge in [0.15, 0.2) is 23.0 Å². The number of phenolic OH excluding ortho intramolecular Hbond substituents is 2. The Balaban J connectivity index is 1.24. The van der Waals surface area contributed by atoms with Crippen molar-refractivity contribution in [3.05, 3.63) is 63.1 Å². The van der Waals surface area contributed by atoms with Gasteiger partial charge in [-0.2, -0.15) is 11.8 Å². The Kier molecular flexibility index (Phi) is 7.49. The van der Waals surface area contributed by atoms with Crippen LogP contribution in [0, 0.1) is 0 Å². The summed E-state index contributed by atoms with van der Waals surface area (Å²) in [5.74, 6) is 2.28. The van der Waals surface area contributed by atoms with Crippen LogP contribution in [0.4, 0.5) is 5.88 Å². The normalized spacial score (nSPS) is 15.9. The Morgan fingerprint density at radius 2 is 1.86 bits per heavy atom. The quantitative estimate of drug-likeness (QED) is 0.229. The molecule has 2 N–H and O–H groups in total. The summed E-state index contributed by atoms with van der Waals surface area (Å²) in [5, 5.41) is 24.9. The number of hydrogen-bond donors (Lipinski definition) is 2. The number of hydrogen-bond acceptors (Lipinski definition) is 10. The Hall–Kier alpha value is -4.03. The van der Waals surface area contributed by atoms with Gasteiger partial charge in [0, 0.05) is 90.9 Å². The van der Waals surface area contributed by atoms with Crippen LogP contribution in [0.5, 0.6) is 11.5 Å². The highest BCUT2D eigenvalue weighted by molar-refractivity contribution is 7.99. The molecule has 0 unspecified atom stereocenters. The smallest absolute Gasteiger partial charge is 0.270 e. The zero-order valence-corrected chi connectivity index (χ0v) is 26.2. The summed E-state index contributed by atoms with van der Waals surface area (Å²) in [4.78, 5) is 39.0. The molecule has 0 bridgehead atoms. The summed E-state index contributed by atoms with van der Waals surface area (Å²) >= 11 is 3.13. The van der Waals surface area contributed by atoms with Crippen molar-refractivity contribution in [3.8, 4) is 22.6 Å². The Morgan fingerprint density at radius 1 is 1.09 bits per heavy atom. The van der Waals surface area contributed by atoms with E-state index in [9.17, 15) is 19.8 Å². The van der Waals surface area contributed by atoms with Crippen LogP contribution in [0.15, 0.2) is 45.1 Å². The lowest BCUT2D eigenvalue weighted by atomic mass is 10.0. The second-order valence-corrected chi connectivity index (χ2v) is 13.7. The van der Waals surface area contributed by atoms with Crippen molar-refractivity contribution in [2.45, 2.75) is 38.1 Å². The molecule has 0 radical (unpaired) electrons. The maximum atomic E-state index is 13.0. The molecule has 1 aliphatic carbocycles. The Labute approximate surface area is 261 Å². The molecule has 5 heterocycles. The largest absolute Gasteiger partial charge is 0.504 e. The molecule has 0 atom stereocenters. The summed E-state index contributed by atoms with van der Waals surface area (Å²) in [6.07, 6.45) is 6.10. The molecular weight excluding hydrogens is 599 g/mol. The molecule has 1 saturated carbocycles. The van der Waals surface area contributed by atoms with Crippen molar-refractivity contribution in [1.29, 1.82) is 0 Å². The number of benzene rings is 1. The molecule has 1 amide bonds. The molecule has 10 nitrogen and oxygen atoms in total. The SMILES string of the molecule is CN(C)C(=O)c1cc2cnc(Cc3ccc(-c4csc5c(=O)cc(N6CCSCC6)oc45)c(O)c3O)nc2n1C1CCCC1. The van der Waals surface area contributed by atoms with Crippen molar-refractivity contribution in [2.75, 3.05) is 43.6 Å². The van der Waals surface area contributed by atoms with Crippen molar-refractivity contribution in [1.82, 2.24) is 19.4 Å². The maximum absolute atomic E-state index is 13.0. The molecule has 1 aromatic carbocycles. The van der Waals surface area contributed by atoms with Crippen LogP contribution in [-0.4, -0.2) is 74.2 Å². The molecule has 2 aliphatic rings. The second-order valence-electron chi connectivity index (χ2n) is 11.6. The van der Waals surface area contributed by atoms with Crippen LogP contribution < -0.4 is 10.3 Å². The molecule has 5 aromatic rings. The summed E-state index contributed by atoms with van der Waals surface area (Å²) in [7, 11) is 3.49. The topological polar surface area (TPSA) is 125 Å². The molecule has 4 aromatic heterocycles. The minimum atomic E-state index is -0.293. The van der Waals surface area contributed by atoms with Crippen LogP contribution >= 0.6 is 23.1 Å². The first-order valence-corrected chi connectivity index (χ1v) is 16.8. The molecule has 0 spiro atoms. The van der Waals surface area contributed by atoms with E-state index in [1.807, 2.05) is 17.8 Å². The summed E-state index contributed by atoms with van der Waals surface area (Å²) in [6, 6.07) is 7.06. The van der Waals surface area contributed by atoms with Crippen molar-refractivity contribution >= 4 is 56.2 Å². The van der Waals surface area contributed by atoms with Gasteiger partial charge >= 0.3 is 0 Å². The Morgan fingerprint density at radius 3 is 2.61 bits per heavy atom. The number of thioether (sulfide) groups is 1. The number of anilines is 1. The fourth-order valence-corrected chi connectivity index (χ4v) is 8.07. The first kappa shape index (κ1) is 28.7. The highest BCUT2D eigenvalue weighted by atomic mass is 32.2. The van der Waals surface area contributed by atoms with Gasteiger partial charge in [-0.3, -0.25) is 9.59 Å². The predicted molar refractivity (Wildman–Crippen MR) is 175 cm³/mol. The molecule has 1 aliphatic heterocycles. The zero-order chi connectivity index (χ0) is 30.5. The van der Waals surface area contributed by atoms with Gasteiger partial charge in [0.2, 0.25) is 5.43 Å². The van der Waals surface area contributed by atoms with Crippen molar-refractivity contribution in [2.24, 2.45) is 0 Å². The van der Waals surface area contributed by atoms with E-state index in [0.717, 1.165) is 55.7 Å². The maximum Gasteiger partial charge on any atom is 0.270 e. The number of phenols is 2. The molecule has 12 heteroatoms. The van der Waals surface area contributed by atoms with Crippen LogP contribution in [0.2, 0.25) is 0 Å². The number of fused-ring (bicyclic) bond motifs is 2. The van der Waals surface area contributed by atoms with Crippen molar-refractivity contribution < 1.29 is 19.4 Å². The van der Waals surface area contributed by atoms with E-state index in [0.29, 0.717) is 50.0 Å². The lowest BCUT2D eigenvalue weighted by molar-refractivity contribution is 0.0815. The van der Waals surface area contributed by atoms with E-state index >= 15 is 0 Å². The van der Waals surface area contributed by atoms with Gasteiger partial charge in [0.25, 0.3) is 5.91 Å². The first-order chi connectivity index (χ1) is 21.3. The van der Waals surface area contributed by atoms with E-state index < -0.39 is 0 Å². The number of carbonyl (C=O) groups excluding carboxylic acids is 1. The molecule has 44 heavy (non-hydrogen) atoms. The number of amides is 1. The molecular formula is C32H33N5O5S2. The van der Waals surface area contributed by atoms with Gasteiger partial charge in [0.1, 0.15) is 21.9 Å². The number of carbonyl (C=O) groups is 1. The summed E-state index contributed by atoms with van der Waals surface area (Å²) < 4.78 is 8.77. The van der Waals surface area contributed by atoms with Crippen LogP contribution in [0.25, 0.3) is 32.4 Å². The average molecular weight is 632 g/mol.